The first-order chi connectivity index (χ1) is 16.6. The molecule has 9 heteroatoms. The zero-order chi connectivity index (χ0) is 23.2. The lowest BCUT2D eigenvalue weighted by atomic mass is 9.93. The van der Waals surface area contributed by atoms with E-state index in [0.717, 1.165) is 40.9 Å². The van der Waals surface area contributed by atoms with Gasteiger partial charge in [0.15, 0.2) is 0 Å². The third-order valence-corrected chi connectivity index (χ3v) is 6.60. The molecule has 2 aliphatic rings. The molecule has 4 aromatic rings. The molecular formula is C26H24ClN5O3. The van der Waals surface area contributed by atoms with Gasteiger partial charge in [0.05, 0.1) is 22.7 Å². The van der Waals surface area contributed by atoms with E-state index in [0.29, 0.717) is 17.7 Å². The molecule has 0 radical (unpaired) electrons. The van der Waals surface area contributed by atoms with Gasteiger partial charge < -0.3 is 10.1 Å². The maximum absolute atomic E-state index is 12.9. The van der Waals surface area contributed by atoms with Gasteiger partial charge in [-0.05, 0) is 54.4 Å². The molecule has 0 unspecified atom stereocenters. The molecule has 0 saturated heterocycles. The quantitative estimate of drug-likeness (QED) is 0.432. The molecule has 178 valence electrons. The van der Waals surface area contributed by atoms with Crippen LogP contribution < -0.4 is 10.1 Å². The van der Waals surface area contributed by atoms with Crippen molar-refractivity contribution in [3.05, 3.63) is 88.5 Å². The van der Waals surface area contributed by atoms with Crippen LogP contribution in [0.15, 0.2) is 60.7 Å². The Hall–Kier alpha value is -3.75. The van der Waals surface area contributed by atoms with Gasteiger partial charge in [-0.1, -0.05) is 35.5 Å². The summed E-state index contributed by atoms with van der Waals surface area (Å²) < 4.78 is 8.01. The monoisotopic (exact) mass is 489 g/mol. The number of hydrogen-bond donors (Lipinski definition) is 1. The zero-order valence-electron chi connectivity index (χ0n) is 19.1. The summed E-state index contributed by atoms with van der Waals surface area (Å²) in [4.78, 5) is 27.2. The fraction of sp³-hybridized carbons (Fsp3) is 0.231. The number of carbonyl (C=O) groups is 2. The highest BCUT2D eigenvalue weighted by Crippen LogP contribution is 2.34. The minimum Gasteiger partial charge on any atom is -0.489 e. The molecule has 0 spiro atoms. The van der Waals surface area contributed by atoms with Crippen molar-refractivity contribution in [2.75, 3.05) is 13.1 Å². The van der Waals surface area contributed by atoms with Crippen LogP contribution in [0.4, 0.5) is 0 Å². The van der Waals surface area contributed by atoms with E-state index in [1.807, 2.05) is 37.4 Å². The number of fused-ring (bicyclic) bond motifs is 3. The Kier molecular flexibility index (Phi) is 6.00. The highest BCUT2D eigenvalue weighted by molar-refractivity contribution is 6.21. The van der Waals surface area contributed by atoms with Crippen LogP contribution in [0.2, 0.25) is 0 Å². The minimum atomic E-state index is -0.245. The van der Waals surface area contributed by atoms with E-state index >= 15 is 0 Å². The summed E-state index contributed by atoms with van der Waals surface area (Å²) in [5.74, 6) is 0.265. The number of hydrogen-bond acceptors (Lipinski definition) is 6. The van der Waals surface area contributed by atoms with Crippen molar-refractivity contribution in [2.45, 2.75) is 19.1 Å². The van der Waals surface area contributed by atoms with Gasteiger partial charge in [-0.15, -0.1) is 17.5 Å². The minimum absolute atomic E-state index is 0. The molecule has 6 rings (SSSR count). The number of amides is 2. The summed E-state index contributed by atoms with van der Waals surface area (Å²) >= 11 is 0. The molecule has 1 atom stereocenters. The lowest BCUT2D eigenvalue weighted by Gasteiger charge is -2.31. The number of carbonyl (C=O) groups excluding carboxylic acids is 2. The van der Waals surface area contributed by atoms with Crippen molar-refractivity contribution in [2.24, 2.45) is 7.05 Å². The van der Waals surface area contributed by atoms with Crippen molar-refractivity contribution < 1.29 is 14.3 Å². The molecule has 0 bridgehead atoms. The van der Waals surface area contributed by atoms with Crippen molar-refractivity contribution >= 4 is 35.3 Å². The Labute approximate surface area is 208 Å². The third kappa shape index (κ3) is 3.94. The summed E-state index contributed by atoms with van der Waals surface area (Å²) in [6.45, 7) is 1.40. The number of ether oxygens (including phenoxy) is 1. The predicted octanol–water partition coefficient (Wildman–Crippen LogP) is 3.45. The number of aryl methyl sites for hydroxylation is 1. The van der Waals surface area contributed by atoms with Crippen molar-refractivity contribution in [1.82, 2.24) is 25.2 Å². The molecule has 1 N–H and O–H groups in total. The number of halogens is 1. The van der Waals surface area contributed by atoms with E-state index in [2.05, 4.69) is 21.7 Å². The van der Waals surface area contributed by atoms with Crippen molar-refractivity contribution in [3.8, 4) is 5.75 Å². The number of benzene rings is 3. The van der Waals surface area contributed by atoms with Crippen LogP contribution in [-0.4, -0.2) is 44.8 Å². The van der Waals surface area contributed by atoms with Gasteiger partial charge in [-0.25, -0.2) is 4.68 Å². The van der Waals surface area contributed by atoms with Crippen LogP contribution in [0.25, 0.3) is 11.0 Å². The molecule has 2 aliphatic heterocycles. The average Bonchev–Trinajstić information content (AvgIpc) is 3.35. The van der Waals surface area contributed by atoms with E-state index in [-0.39, 0.29) is 36.8 Å². The maximum Gasteiger partial charge on any atom is 0.261 e. The van der Waals surface area contributed by atoms with Gasteiger partial charge >= 0.3 is 0 Å². The Morgan fingerprint density at radius 2 is 1.80 bits per heavy atom. The fourth-order valence-electron chi connectivity index (χ4n) is 4.89. The van der Waals surface area contributed by atoms with E-state index in [9.17, 15) is 9.59 Å². The first-order valence-corrected chi connectivity index (χ1v) is 11.3. The van der Waals surface area contributed by atoms with Crippen molar-refractivity contribution in [3.63, 3.8) is 0 Å². The van der Waals surface area contributed by atoms with Crippen LogP contribution in [0.3, 0.4) is 0 Å². The average molecular weight is 490 g/mol. The molecule has 3 heterocycles. The predicted molar refractivity (Wildman–Crippen MR) is 133 cm³/mol. The second-order valence-electron chi connectivity index (χ2n) is 8.68. The van der Waals surface area contributed by atoms with Gasteiger partial charge in [0, 0.05) is 19.2 Å². The first-order valence-electron chi connectivity index (χ1n) is 11.3. The Bertz CT molecular complexity index is 1420. The summed E-state index contributed by atoms with van der Waals surface area (Å²) in [6.07, 6.45) is 0.858. The van der Waals surface area contributed by atoms with Gasteiger partial charge in [-0.2, -0.15) is 0 Å². The maximum atomic E-state index is 12.9. The summed E-state index contributed by atoms with van der Waals surface area (Å²) in [6, 6.07) is 18.8. The Morgan fingerprint density at radius 3 is 2.57 bits per heavy atom. The first kappa shape index (κ1) is 23.0. The molecule has 2 amide bonds. The summed E-state index contributed by atoms with van der Waals surface area (Å²) in [5.41, 5.74) is 5.88. The lowest BCUT2D eigenvalue weighted by Crippen LogP contribution is -2.41. The molecular weight excluding hydrogens is 466 g/mol. The van der Waals surface area contributed by atoms with Crippen LogP contribution >= 0.6 is 12.4 Å². The van der Waals surface area contributed by atoms with E-state index in [4.69, 9.17) is 4.74 Å². The lowest BCUT2D eigenvalue weighted by molar-refractivity contribution is 0.0636. The van der Waals surface area contributed by atoms with E-state index in [1.54, 1.807) is 28.9 Å². The number of nitrogens with one attached hydrogen (secondary N) is 1. The molecule has 3 aromatic carbocycles. The second kappa shape index (κ2) is 9.13. The zero-order valence-corrected chi connectivity index (χ0v) is 19.9. The molecule has 35 heavy (non-hydrogen) atoms. The molecule has 0 saturated carbocycles. The van der Waals surface area contributed by atoms with Gasteiger partial charge in [-0.3, -0.25) is 14.5 Å². The Balaban J connectivity index is 0.00000253. The van der Waals surface area contributed by atoms with Crippen LogP contribution in [0, 0.1) is 0 Å². The molecule has 0 fully saturated rings. The molecule has 0 aliphatic carbocycles. The number of imide groups is 1. The number of aromatic nitrogens is 3. The summed E-state index contributed by atoms with van der Waals surface area (Å²) in [5, 5.41) is 11.7. The third-order valence-electron chi connectivity index (χ3n) is 6.60. The Morgan fingerprint density at radius 1 is 1.03 bits per heavy atom. The number of nitrogens with zero attached hydrogens (tertiary/aromatic N) is 4. The smallest absolute Gasteiger partial charge is 0.261 e. The largest absolute Gasteiger partial charge is 0.489 e. The molecule has 1 aromatic heterocycles. The van der Waals surface area contributed by atoms with Crippen molar-refractivity contribution in [1.29, 1.82) is 0 Å². The normalized spacial score (nSPS) is 16.7. The standard InChI is InChI=1S/C26H23N5O3.ClH/c1-30-22-10-9-16(13-20(22)28-29-30)15-34-23-8-4-5-17-11-12-27-21(24(17)23)14-31-25(32)18-6-2-3-7-19(18)26(31)33;/h2-10,13,21,27H,11-12,14-15H2,1H3;1H/t21-;/m1./s1. The SMILES string of the molecule is Cl.Cn1nnc2cc(COc3cccc4c3[C@@H](CN3C(=O)c5ccccc5C3=O)NCC4)ccc21. The highest BCUT2D eigenvalue weighted by atomic mass is 35.5. The fourth-order valence-corrected chi connectivity index (χ4v) is 4.89. The van der Waals surface area contributed by atoms with Gasteiger partial charge in [0.25, 0.3) is 11.8 Å². The highest BCUT2D eigenvalue weighted by Gasteiger charge is 2.38. The van der Waals surface area contributed by atoms with E-state index in [1.165, 1.54) is 10.5 Å². The summed E-state index contributed by atoms with van der Waals surface area (Å²) in [7, 11) is 1.86. The second-order valence-corrected chi connectivity index (χ2v) is 8.68. The van der Waals surface area contributed by atoms with Crippen LogP contribution in [-0.2, 0) is 20.1 Å². The van der Waals surface area contributed by atoms with E-state index < -0.39 is 0 Å². The van der Waals surface area contributed by atoms with Gasteiger partial charge in [0.2, 0.25) is 0 Å². The van der Waals surface area contributed by atoms with Gasteiger partial charge in [0.1, 0.15) is 17.9 Å². The molecule has 8 nitrogen and oxygen atoms in total. The topological polar surface area (TPSA) is 89.3 Å². The number of rotatable bonds is 5. The van der Waals surface area contributed by atoms with Crippen LogP contribution in [0.5, 0.6) is 5.75 Å². The van der Waals surface area contributed by atoms with Crippen LogP contribution in [0.1, 0.15) is 43.4 Å².